The molecule has 3 heteroatoms. The molecule has 2 aromatic carbocycles. The summed E-state index contributed by atoms with van der Waals surface area (Å²) in [7, 11) is 0. The van der Waals surface area contributed by atoms with Gasteiger partial charge < -0.3 is 10.4 Å². The van der Waals surface area contributed by atoms with Crippen LogP contribution in [0.2, 0.25) is 0 Å². The third kappa shape index (κ3) is 3.02. The SMILES string of the molecule is CC(CC=N)(Cc1ccccc1)c1ccc2[nH]c(C#N)cc2c1. The molecule has 23 heavy (non-hydrogen) atoms. The topological polar surface area (TPSA) is 63.4 Å². The summed E-state index contributed by atoms with van der Waals surface area (Å²) < 4.78 is 0. The summed E-state index contributed by atoms with van der Waals surface area (Å²) in [6.07, 6.45) is 3.05. The van der Waals surface area contributed by atoms with E-state index in [9.17, 15) is 0 Å². The zero-order chi connectivity index (χ0) is 16.3. The number of fused-ring (bicyclic) bond motifs is 1. The fourth-order valence-corrected chi connectivity index (χ4v) is 3.13. The molecule has 2 N–H and O–H groups in total. The number of benzene rings is 2. The third-order valence-electron chi connectivity index (χ3n) is 4.43. The highest BCUT2D eigenvalue weighted by atomic mass is 14.7. The molecule has 0 aliphatic heterocycles. The summed E-state index contributed by atoms with van der Waals surface area (Å²) >= 11 is 0. The molecule has 0 aliphatic rings. The van der Waals surface area contributed by atoms with Crippen molar-refractivity contribution in [1.29, 1.82) is 10.7 Å². The number of aromatic amines is 1. The van der Waals surface area contributed by atoms with Crippen molar-refractivity contribution in [3.05, 3.63) is 71.4 Å². The van der Waals surface area contributed by atoms with Crippen LogP contribution in [0.25, 0.3) is 10.9 Å². The third-order valence-corrected chi connectivity index (χ3v) is 4.43. The molecule has 0 fully saturated rings. The molecule has 3 nitrogen and oxygen atoms in total. The van der Waals surface area contributed by atoms with Crippen LogP contribution in [-0.2, 0) is 11.8 Å². The highest BCUT2D eigenvalue weighted by molar-refractivity contribution is 5.82. The molecule has 0 saturated carbocycles. The molecule has 0 bridgehead atoms. The van der Waals surface area contributed by atoms with Crippen molar-refractivity contribution in [2.75, 3.05) is 0 Å². The first-order chi connectivity index (χ1) is 11.1. The largest absolute Gasteiger partial charge is 0.346 e. The Morgan fingerprint density at radius 3 is 2.65 bits per heavy atom. The second-order valence-corrected chi connectivity index (χ2v) is 6.23. The van der Waals surface area contributed by atoms with Crippen LogP contribution in [0.5, 0.6) is 0 Å². The van der Waals surface area contributed by atoms with Gasteiger partial charge in [-0.3, -0.25) is 0 Å². The van der Waals surface area contributed by atoms with Crippen molar-refractivity contribution in [1.82, 2.24) is 4.98 Å². The maximum atomic E-state index is 9.04. The van der Waals surface area contributed by atoms with E-state index in [1.165, 1.54) is 17.3 Å². The first kappa shape index (κ1) is 15.1. The Hall–Kier alpha value is -2.86. The van der Waals surface area contributed by atoms with Crippen molar-refractivity contribution in [3.8, 4) is 6.07 Å². The number of nitrogens with one attached hydrogen (secondary N) is 2. The van der Waals surface area contributed by atoms with E-state index in [4.69, 9.17) is 10.7 Å². The molecular formula is C20H19N3. The average Bonchev–Trinajstić information content (AvgIpc) is 2.98. The van der Waals surface area contributed by atoms with Gasteiger partial charge in [-0.1, -0.05) is 43.3 Å². The van der Waals surface area contributed by atoms with Crippen molar-refractivity contribution >= 4 is 17.1 Å². The molecule has 1 unspecified atom stereocenters. The Morgan fingerprint density at radius 1 is 1.17 bits per heavy atom. The molecule has 0 radical (unpaired) electrons. The highest BCUT2D eigenvalue weighted by Crippen LogP contribution is 2.33. The highest BCUT2D eigenvalue weighted by Gasteiger charge is 2.26. The van der Waals surface area contributed by atoms with Gasteiger partial charge in [0.25, 0.3) is 0 Å². The zero-order valence-electron chi connectivity index (χ0n) is 13.1. The van der Waals surface area contributed by atoms with Crippen LogP contribution in [0.15, 0.2) is 54.6 Å². The molecule has 114 valence electrons. The van der Waals surface area contributed by atoms with Crippen LogP contribution in [0.4, 0.5) is 0 Å². The van der Waals surface area contributed by atoms with Gasteiger partial charge in [-0.2, -0.15) is 5.26 Å². The Morgan fingerprint density at radius 2 is 1.96 bits per heavy atom. The number of hydrogen-bond donors (Lipinski definition) is 2. The summed E-state index contributed by atoms with van der Waals surface area (Å²) in [6.45, 7) is 2.20. The van der Waals surface area contributed by atoms with Gasteiger partial charge in [0.05, 0.1) is 0 Å². The van der Waals surface area contributed by atoms with Crippen molar-refractivity contribution in [2.24, 2.45) is 0 Å². The van der Waals surface area contributed by atoms with Gasteiger partial charge >= 0.3 is 0 Å². The van der Waals surface area contributed by atoms with E-state index in [0.717, 1.165) is 17.3 Å². The van der Waals surface area contributed by atoms with Gasteiger partial charge in [-0.25, -0.2) is 0 Å². The number of aromatic nitrogens is 1. The van der Waals surface area contributed by atoms with Crippen LogP contribution in [0.3, 0.4) is 0 Å². The molecular weight excluding hydrogens is 282 g/mol. The molecule has 1 atom stereocenters. The summed E-state index contributed by atoms with van der Waals surface area (Å²) in [6, 6.07) is 20.7. The molecule has 3 aromatic rings. The minimum Gasteiger partial charge on any atom is -0.346 e. The molecule has 0 saturated heterocycles. The van der Waals surface area contributed by atoms with Gasteiger partial charge in [0, 0.05) is 16.3 Å². The van der Waals surface area contributed by atoms with E-state index in [2.05, 4.69) is 54.4 Å². The van der Waals surface area contributed by atoms with E-state index >= 15 is 0 Å². The van der Waals surface area contributed by atoms with Gasteiger partial charge in [0.15, 0.2) is 0 Å². The summed E-state index contributed by atoms with van der Waals surface area (Å²) in [5, 5.41) is 17.7. The predicted molar refractivity (Wildman–Crippen MR) is 93.9 cm³/mol. The first-order valence-corrected chi connectivity index (χ1v) is 7.71. The van der Waals surface area contributed by atoms with Crippen LogP contribution in [0, 0.1) is 16.7 Å². The number of rotatable bonds is 5. The van der Waals surface area contributed by atoms with Crippen molar-refractivity contribution < 1.29 is 0 Å². The standard InChI is InChI=1S/C20H19N3/c1-20(9-10-21,13-15-5-3-2-4-6-15)17-7-8-19-16(11-17)12-18(14-22)23-19/h2-8,10-12,21,23H,9,13H2,1H3. The number of H-pyrrole nitrogens is 1. The Balaban J connectivity index is 2.02. The van der Waals surface area contributed by atoms with Gasteiger partial charge in [0.1, 0.15) is 11.8 Å². The minimum atomic E-state index is -0.138. The van der Waals surface area contributed by atoms with Crippen molar-refractivity contribution in [2.45, 2.75) is 25.2 Å². The molecule has 0 aliphatic carbocycles. The van der Waals surface area contributed by atoms with Crippen LogP contribution in [-0.4, -0.2) is 11.2 Å². The van der Waals surface area contributed by atoms with Gasteiger partial charge in [0.2, 0.25) is 0 Å². The average molecular weight is 301 g/mol. The van der Waals surface area contributed by atoms with Gasteiger partial charge in [-0.15, -0.1) is 0 Å². The second kappa shape index (κ2) is 6.10. The molecule has 0 spiro atoms. The molecule has 1 heterocycles. The lowest BCUT2D eigenvalue weighted by Gasteiger charge is -2.29. The van der Waals surface area contributed by atoms with Gasteiger partial charge in [-0.05, 0) is 48.4 Å². The van der Waals surface area contributed by atoms with Crippen LogP contribution in [0.1, 0.15) is 30.2 Å². The maximum Gasteiger partial charge on any atom is 0.118 e. The quantitative estimate of drug-likeness (QED) is 0.666. The van der Waals surface area contributed by atoms with E-state index < -0.39 is 0 Å². The number of nitrogens with zero attached hydrogens (tertiary/aromatic N) is 1. The fourth-order valence-electron chi connectivity index (χ4n) is 3.13. The summed E-state index contributed by atoms with van der Waals surface area (Å²) in [5.41, 5.74) is 3.88. The van der Waals surface area contributed by atoms with E-state index in [0.29, 0.717) is 12.1 Å². The van der Waals surface area contributed by atoms with Crippen LogP contribution < -0.4 is 0 Å². The lowest BCUT2D eigenvalue weighted by Crippen LogP contribution is -2.25. The predicted octanol–water partition coefficient (Wildman–Crippen LogP) is 4.58. The molecule has 0 amide bonds. The number of nitriles is 1. The lowest BCUT2D eigenvalue weighted by molar-refractivity contribution is 0.492. The fraction of sp³-hybridized carbons (Fsp3) is 0.200. The van der Waals surface area contributed by atoms with E-state index in [-0.39, 0.29) is 5.41 Å². The van der Waals surface area contributed by atoms with Crippen molar-refractivity contribution in [3.63, 3.8) is 0 Å². The first-order valence-electron chi connectivity index (χ1n) is 7.71. The Bertz CT molecular complexity index is 871. The number of hydrogen-bond acceptors (Lipinski definition) is 2. The normalized spacial score (nSPS) is 13.4. The lowest BCUT2D eigenvalue weighted by atomic mass is 9.75. The summed E-state index contributed by atoms with van der Waals surface area (Å²) in [4.78, 5) is 3.10. The molecule has 1 aromatic heterocycles. The van der Waals surface area contributed by atoms with E-state index in [1.54, 1.807) is 0 Å². The second-order valence-electron chi connectivity index (χ2n) is 6.23. The molecule has 3 rings (SSSR count). The minimum absolute atomic E-state index is 0.138. The monoisotopic (exact) mass is 301 g/mol. The zero-order valence-corrected chi connectivity index (χ0v) is 13.1. The Labute approximate surface area is 136 Å². The Kier molecular flexibility index (Phi) is 3.99. The smallest absolute Gasteiger partial charge is 0.118 e. The maximum absolute atomic E-state index is 9.04. The van der Waals surface area contributed by atoms with Crippen LogP contribution >= 0.6 is 0 Å². The van der Waals surface area contributed by atoms with E-state index in [1.807, 2.05) is 18.2 Å². The summed E-state index contributed by atoms with van der Waals surface area (Å²) in [5.74, 6) is 0.